The van der Waals surface area contributed by atoms with E-state index in [2.05, 4.69) is 5.32 Å². The van der Waals surface area contributed by atoms with Gasteiger partial charge in [0.25, 0.3) is 0 Å². The number of hydrogen-bond acceptors (Lipinski definition) is 2. The van der Waals surface area contributed by atoms with Gasteiger partial charge in [0, 0.05) is 5.41 Å². The highest BCUT2D eigenvalue weighted by Gasteiger charge is 2.48. The van der Waals surface area contributed by atoms with Crippen LogP contribution in [-0.2, 0) is 9.59 Å². The van der Waals surface area contributed by atoms with E-state index in [1.165, 1.54) is 0 Å². The lowest BCUT2D eigenvalue weighted by Crippen LogP contribution is -2.47. The zero-order chi connectivity index (χ0) is 13.1. The topological polar surface area (TPSA) is 66.4 Å². The molecule has 0 heterocycles. The van der Waals surface area contributed by atoms with E-state index in [4.69, 9.17) is 5.11 Å². The van der Waals surface area contributed by atoms with Crippen molar-refractivity contribution in [1.29, 1.82) is 0 Å². The van der Waals surface area contributed by atoms with E-state index in [1.807, 2.05) is 20.8 Å². The largest absolute Gasteiger partial charge is 0.481 e. The zero-order valence-electron chi connectivity index (χ0n) is 11.0. The molecular formula is C13H23NO3. The fourth-order valence-corrected chi connectivity index (χ4v) is 2.39. The SMILES string of the molecule is CCC(CC)(CC)C(=O)NC1(CC(=O)O)CC1. The van der Waals surface area contributed by atoms with Crippen LogP contribution in [0.2, 0.25) is 0 Å². The summed E-state index contributed by atoms with van der Waals surface area (Å²) in [7, 11) is 0. The summed E-state index contributed by atoms with van der Waals surface area (Å²) >= 11 is 0. The van der Waals surface area contributed by atoms with Crippen molar-refractivity contribution in [2.45, 2.75) is 64.8 Å². The highest BCUT2D eigenvalue weighted by molar-refractivity contribution is 5.84. The Kier molecular flexibility index (Phi) is 4.17. The summed E-state index contributed by atoms with van der Waals surface area (Å²) in [5.74, 6) is -0.804. The molecule has 0 saturated heterocycles. The molecule has 2 N–H and O–H groups in total. The number of carbonyl (C=O) groups is 2. The minimum atomic E-state index is -0.835. The summed E-state index contributed by atoms with van der Waals surface area (Å²) in [6.07, 6.45) is 4.03. The van der Waals surface area contributed by atoms with Crippen LogP contribution in [0.4, 0.5) is 0 Å². The van der Waals surface area contributed by atoms with Gasteiger partial charge in [-0.3, -0.25) is 9.59 Å². The van der Waals surface area contributed by atoms with Crippen LogP contribution in [0.15, 0.2) is 0 Å². The summed E-state index contributed by atoms with van der Waals surface area (Å²) in [5, 5.41) is 11.8. The molecule has 0 aromatic carbocycles. The number of hydrogen-bond donors (Lipinski definition) is 2. The van der Waals surface area contributed by atoms with Crippen molar-refractivity contribution in [3.63, 3.8) is 0 Å². The predicted molar refractivity (Wildman–Crippen MR) is 65.7 cm³/mol. The van der Waals surface area contributed by atoms with E-state index in [0.29, 0.717) is 0 Å². The molecule has 1 aliphatic carbocycles. The third kappa shape index (κ3) is 2.99. The number of carboxylic acid groups (broad SMARTS) is 1. The lowest BCUT2D eigenvalue weighted by Gasteiger charge is -2.31. The number of aliphatic carboxylic acids is 1. The Labute approximate surface area is 103 Å². The van der Waals surface area contributed by atoms with E-state index in [9.17, 15) is 9.59 Å². The molecule has 1 aliphatic rings. The summed E-state index contributed by atoms with van der Waals surface area (Å²) in [5.41, 5.74) is -0.776. The molecule has 4 heteroatoms. The van der Waals surface area contributed by atoms with Crippen LogP contribution in [0.5, 0.6) is 0 Å². The minimum absolute atomic E-state index is 0.0313. The van der Waals surface area contributed by atoms with Gasteiger partial charge in [-0.15, -0.1) is 0 Å². The summed E-state index contributed by atoms with van der Waals surface area (Å²) in [4.78, 5) is 23.0. The van der Waals surface area contributed by atoms with Gasteiger partial charge in [-0.25, -0.2) is 0 Å². The molecule has 0 aromatic heterocycles. The molecule has 0 atom stereocenters. The molecule has 0 spiro atoms. The van der Waals surface area contributed by atoms with E-state index < -0.39 is 11.5 Å². The summed E-state index contributed by atoms with van der Waals surface area (Å²) < 4.78 is 0. The number of nitrogens with one attached hydrogen (secondary N) is 1. The van der Waals surface area contributed by atoms with Gasteiger partial charge >= 0.3 is 5.97 Å². The van der Waals surface area contributed by atoms with Crippen LogP contribution < -0.4 is 5.32 Å². The van der Waals surface area contributed by atoms with E-state index >= 15 is 0 Å². The normalized spacial score (nSPS) is 17.6. The van der Waals surface area contributed by atoms with Gasteiger partial charge in [-0.1, -0.05) is 20.8 Å². The molecule has 4 nitrogen and oxygen atoms in total. The highest BCUT2D eigenvalue weighted by Crippen LogP contribution is 2.41. The Morgan fingerprint density at radius 1 is 1.18 bits per heavy atom. The molecule has 1 rings (SSSR count). The maximum absolute atomic E-state index is 12.3. The van der Waals surface area contributed by atoms with E-state index in [1.54, 1.807) is 0 Å². The Bertz CT molecular complexity index is 296. The predicted octanol–water partition coefficient (Wildman–Crippen LogP) is 2.33. The number of rotatable bonds is 7. The standard InChI is InChI=1S/C13H23NO3/c1-4-12(5-2,6-3)11(17)14-13(7-8-13)9-10(15)16/h4-9H2,1-3H3,(H,14,17)(H,15,16). The molecule has 1 amide bonds. The molecule has 1 fully saturated rings. The quantitative estimate of drug-likeness (QED) is 0.719. The molecule has 1 saturated carbocycles. The molecule has 17 heavy (non-hydrogen) atoms. The average molecular weight is 241 g/mol. The highest BCUT2D eigenvalue weighted by atomic mass is 16.4. The Hall–Kier alpha value is -1.06. The fraction of sp³-hybridized carbons (Fsp3) is 0.846. The first-order valence-corrected chi connectivity index (χ1v) is 6.48. The number of carboxylic acids is 1. The minimum Gasteiger partial charge on any atom is -0.481 e. The van der Waals surface area contributed by atoms with Crippen LogP contribution in [0, 0.1) is 5.41 Å². The molecule has 0 radical (unpaired) electrons. The lowest BCUT2D eigenvalue weighted by molar-refractivity contribution is -0.138. The van der Waals surface area contributed by atoms with Gasteiger partial charge in [0.2, 0.25) is 5.91 Å². The van der Waals surface area contributed by atoms with Crippen molar-refractivity contribution in [2.24, 2.45) is 5.41 Å². The third-order valence-corrected chi connectivity index (χ3v) is 4.23. The van der Waals surface area contributed by atoms with Crippen molar-refractivity contribution in [1.82, 2.24) is 5.32 Å². The maximum atomic E-state index is 12.3. The Balaban J connectivity index is 2.68. The van der Waals surface area contributed by atoms with Crippen LogP contribution in [0.3, 0.4) is 0 Å². The van der Waals surface area contributed by atoms with Crippen LogP contribution >= 0.6 is 0 Å². The fourth-order valence-electron chi connectivity index (χ4n) is 2.39. The molecule has 0 aromatic rings. The Morgan fingerprint density at radius 2 is 1.65 bits per heavy atom. The number of amides is 1. The Morgan fingerprint density at radius 3 is 1.94 bits per heavy atom. The van der Waals surface area contributed by atoms with Crippen LogP contribution in [0.25, 0.3) is 0 Å². The van der Waals surface area contributed by atoms with Crippen LogP contribution in [0.1, 0.15) is 59.3 Å². The van der Waals surface area contributed by atoms with Crippen molar-refractivity contribution in [2.75, 3.05) is 0 Å². The first kappa shape index (κ1) is 14.0. The van der Waals surface area contributed by atoms with Gasteiger partial charge in [0.1, 0.15) is 0 Å². The smallest absolute Gasteiger partial charge is 0.305 e. The van der Waals surface area contributed by atoms with Crippen molar-refractivity contribution in [3.8, 4) is 0 Å². The molecular weight excluding hydrogens is 218 g/mol. The third-order valence-electron chi connectivity index (χ3n) is 4.23. The average Bonchev–Trinajstić information content (AvgIpc) is 3.00. The lowest BCUT2D eigenvalue weighted by atomic mass is 9.78. The molecule has 98 valence electrons. The summed E-state index contributed by atoms with van der Waals surface area (Å²) in [6.45, 7) is 6.05. The van der Waals surface area contributed by atoms with Gasteiger partial charge in [-0.2, -0.15) is 0 Å². The van der Waals surface area contributed by atoms with Gasteiger partial charge < -0.3 is 10.4 Å². The molecule has 0 unspecified atom stereocenters. The van der Waals surface area contributed by atoms with Gasteiger partial charge in [0.15, 0.2) is 0 Å². The monoisotopic (exact) mass is 241 g/mol. The summed E-state index contributed by atoms with van der Waals surface area (Å²) in [6, 6.07) is 0. The second-order valence-electron chi connectivity index (χ2n) is 5.15. The van der Waals surface area contributed by atoms with Crippen molar-refractivity contribution < 1.29 is 14.7 Å². The second-order valence-corrected chi connectivity index (χ2v) is 5.15. The van der Waals surface area contributed by atoms with Gasteiger partial charge in [0.05, 0.1) is 12.0 Å². The maximum Gasteiger partial charge on any atom is 0.305 e. The second kappa shape index (κ2) is 5.07. The first-order valence-electron chi connectivity index (χ1n) is 6.48. The van der Waals surface area contributed by atoms with E-state index in [-0.39, 0.29) is 17.7 Å². The van der Waals surface area contributed by atoms with Crippen LogP contribution in [-0.4, -0.2) is 22.5 Å². The van der Waals surface area contributed by atoms with Crippen molar-refractivity contribution in [3.05, 3.63) is 0 Å². The van der Waals surface area contributed by atoms with E-state index in [0.717, 1.165) is 32.1 Å². The van der Waals surface area contributed by atoms with Gasteiger partial charge in [-0.05, 0) is 32.1 Å². The molecule has 0 aliphatic heterocycles. The molecule has 0 bridgehead atoms. The van der Waals surface area contributed by atoms with Crippen molar-refractivity contribution >= 4 is 11.9 Å². The zero-order valence-corrected chi connectivity index (χ0v) is 11.0. The first-order chi connectivity index (χ1) is 7.93. The number of carbonyl (C=O) groups excluding carboxylic acids is 1.